The van der Waals surface area contributed by atoms with Crippen molar-refractivity contribution < 1.29 is 0 Å². The van der Waals surface area contributed by atoms with Crippen molar-refractivity contribution in [3.8, 4) is 11.4 Å². The number of fused-ring (bicyclic) bond motifs is 1. The highest BCUT2D eigenvalue weighted by Gasteiger charge is 2.19. The summed E-state index contributed by atoms with van der Waals surface area (Å²) in [6.07, 6.45) is 4.86. The van der Waals surface area contributed by atoms with E-state index < -0.39 is 0 Å². The summed E-state index contributed by atoms with van der Waals surface area (Å²) in [6, 6.07) is 14.3. The Labute approximate surface area is 142 Å². The van der Waals surface area contributed by atoms with E-state index in [0.29, 0.717) is 0 Å². The Morgan fingerprint density at radius 2 is 1.92 bits per heavy atom. The quantitative estimate of drug-likeness (QED) is 0.742. The summed E-state index contributed by atoms with van der Waals surface area (Å²) in [5.41, 5.74) is 5.87. The Morgan fingerprint density at radius 1 is 1.04 bits per heavy atom. The highest BCUT2D eigenvalue weighted by Crippen LogP contribution is 2.22. The zero-order valence-electron chi connectivity index (χ0n) is 13.8. The van der Waals surface area contributed by atoms with Crippen LogP contribution in [0.4, 0.5) is 0 Å². The summed E-state index contributed by atoms with van der Waals surface area (Å²) >= 11 is 0. The summed E-state index contributed by atoms with van der Waals surface area (Å²) < 4.78 is 0. The molecule has 0 N–H and O–H groups in total. The SMILES string of the molecule is Cc1cccnc1CN1CCc2cnc(-c3ccccc3)nc2C1. The molecule has 2 aromatic heterocycles. The van der Waals surface area contributed by atoms with Crippen LogP contribution in [0.1, 0.15) is 22.5 Å². The molecular formula is C20H20N4. The fourth-order valence-corrected chi connectivity index (χ4v) is 3.11. The lowest BCUT2D eigenvalue weighted by molar-refractivity contribution is 0.238. The van der Waals surface area contributed by atoms with Crippen molar-refractivity contribution in [2.75, 3.05) is 6.54 Å². The molecule has 0 radical (unpaired) electrons. The Bertz CT molecular complexity index is 845. The van der Waals surface area contributed by atoms with Crippen LogP contribution >= 0.6 is 0 Å². The van der Waals surface area contributed by atoms with Gasteiger partial charge in [-0.15, -0.1) is 0 Å². The number of rotatable bonds is 3. The molecule has 0 fully saturated rings. The average molecular weight is 316 g/mol. The topological polar surface area (TPSA) is 41.9 Å². The van der Waals surface area contributed by atoms with Gasteiger partial charge in [-0.25, -0.2) is 9.97 Å². The van der Waals surface area contributed by atoms with E-state index in [2.05, 4.69) is 40.0 Å². The maximum Gasteiger partial charge on any atom is 0.159 e. The van der Waals surface area contributed by atoms with Gasteiger partial charge in [-0.05, 0) is 30.5 Å². The van der Waals surface area contributed by atoms with Gasteiger partial charge in [0.2, 0.25) is 0 Å². The van der Waals surface area contributed by atoms with Crippen molar-refractivity contribution in [1.29, 1.82) is 0 Å². The summed E-state index contributed by atoms with van der Waals surface area (Å²) in [5.74, 6) is 0.810. The van der Waals surface area contributed by atoms with Crippen LogP contribution in [-0.2, 0) is 19.5 Å². The Kier molecular flexibility index (Phi) is 4.05. The Balaban J connectivity index is 1.57. The fourth-order valence-electron chi connectivity index (χ4n) is 3.11. The third-order valence-electron chi connectivity index (χ3n) is 4.55. The van der Waals surface area contributed by atoms with E-state index in [1.807, 2.05) is 36.7 Å². The van der Waals surface area contributed by atoms with Crippen LogP contribution in [0.5, 0.6) is 0 Å². The van der Waals surface area contributed by atoms with Crippen LogP contribution in [0.3, 0.4) is 0 Å². The molecule has 1 aliphatic heterocycles. The van der Waals surface area contributed by atoms with Crippen molar-refractivity contribution in [3.05, 3.63) is 77.4 Å². The van der Waals surface area contributed by atoms with Crippen LogP contribution in [0.25, 0.3) is 11.4 Å². The molecular weight excluding hydrogens is 296 g/mol. The van der Waals surface area contributed by atoms with Gasteiger partial charge in [-0.3, -0.25) is 9.88 Å². The van der Waals surface area contributed by atoms with E-state index in [1.54, 1.807) is 0 Å². The smallest absolute Gasteiger partial charge is 0.159 e. The zero-order chi connectivity index (χ0) is 16.4. The third-order valence-corrected chi connectivity index (χ3v) is 4.55. The predicted molar refractivity (Wildman–Crippen MR) is 94.3 cm³/mol. The van der Waals surface area contributed by atoms with Gasteiger partial charge in [0.05, 0.1) is 11.4 Å². The molecule has 3 aromatic rings. The number of hydrogen-bond donors (Lipinski definition) is 0. The molecule has 0 atom stereocenters. The number of benzene rings is 1. The van der Waals surface area contributed by atoms with Gasteiger partial charge in [0.1, 0.15) is 0 Å². The van der Waals surface area contributed by atoms with Crippen molar-refractivity contribution >= 4 is 0 Å². The molecule has 0 amide bonds. The summed E-state index contributed by atoms with van der Waals surface area (Å²) in [6.45, 7) is 4.87. The van der Waals surface area contributed by atoms with Gasteiger partial charge in [0, 0.05) is 37.6 Å². The lowest BCUT2D eigenvalue weighted by Crippen LogP contribution is -2.31. The van der Waals surface area contributed by atoms with Crippen molar-refractivity contribution in [3.63, 3.8) is 0 Å². The van der Waals surface area contributed by atoms with Gasteiger partial charge in [-0.1, -0.05) is 36.4 Å². The fraction of sp³-hybridized carbons (Fsp3) is 0.250. The number of nitrogens with zero attached hydrogens (tertiary/aromatic N) is 4. The largest absolute Gasteiger partial charge is 0.291 e. The van der Waals surface area contributed by atoms with E-state index in [-0.39, 0.29) is 0 Å². The lowest BCUT2D eigenvalue weighted by atomic mass is 10.1. The van der Waals surface area contributed by atoms with Crippen LogP contribution < -0.4 is 0 Å². The molecule has 4 nitrogen and oxygen atoms in total. The zero-order valence-corrected chi connectivity index (χ0v) is 13.8. The molecule has 4 rings (SSSR count). The standard InChI is InChI=1S/C20H20N4/c1-15-6-5-10-21-18(15)13-24-11-9-17-12-22-20(23-19(17)14-24)16-7-3-2-4-8-16/h2-8,10,12H,9,11,13-14H2,1H3. The minimum absolute atomic E-state index is 0.810. The molecule has 0 unspecified atom stereocenters. The van der Waals surface area contributed by atoms with Gasteiger partial charge >= 0.3 is 0 Å². The normalized spacial score (nSPS) is 14.4. The van der Waals surface area contributed by atoms with E-state index in [4.69, 9.17) is 4.98 Å². The summed E-state index contributed by atoms with van der Waals surface area (Å²) in [5, 5.41) is 0. The van der Waals surface area contributed by atoms with E-state index in [0.717, 1.165) is 48.8 Å². The molecule has 120 valence electrons. The first-order chi connectivity index (χ1) is 11.8. The first-order valence-electron chi connectivity index (χ1n) is 8.32. The van der Waals surface area contributed by atoms with E-state index >= 15 is 0 Å². The molecule has 3 heterocycles. The van der Waals surface area contributed by atoms with E-state index in [9.17, 15) is 0 Å². The summed E-state index contributed by atoms with van der Waals surface area (Å²) in [7, 11) is 0. The second-order valence-electron chi connectivity index (χ2n) is 6.26. The van der Waals surface area contributed by atoms with Crippen LogP contribution in [0.15, 0.2) is 54.9 Å². The molecule has 24 heavy (non-hydrogen) atoms. The Hall–Kier alpha value is -2.59. The summed E-state index contributed by atoms with van der Waals surface area (Å²) in [4.78, 5) is 16.3. The van der Waals surface area contributed by atoms with Gasteiger partial charge in [0.15, 0.2) is 5.82 Å². The second-order valence-corrected chi connectivity index (χ2v) is 6.26. The predicted octanol–water partition coefficient (Wildman–Crippen LogP) is 3.41. The van der Waals surface area contributed by atoms with Crippen molar-refractivity contribution in [2.24, 2.45) is 0 Å². The monoisotopic (exact) mass is 316 g/mol. The van der Waals surface area contributed by atoms with Crippen molar-refractivity contribution in [2.45, 2.75) is 26.4 Å². The van der Waals surface area contributed by atoms with Gasteiger partial charge < -0.3 is 0 Å². The van der Waals surface area contributed by atoms with Crippen LogP contribution in [-0.4, -0.2) is 26.4 Å². The molecule has 0 aliphatic carbocycles. The molecule has 0 saturated heterocycles. The average Bonchev–Trinajstić information content (AvgIpc) is 2.64. The number of hydrogen-bond acceptors (Lipinski definition) is 4. The second kappa shape index (κ2) is 6.49. The first-order valence-corrected chi connectivity index (χ1v) is 8.32. The third kappa shape index (κ3) is 3.05. The van der Waals surface area contributed by atoms with Crippen LogP contribution in [0, 0.1) is 6.92 Å². The molecule has 0 saturated carbocycles. The van der Waals surface area contributed by atoms with Crippen molar-refractivity contribution in [1.82, 2.24) is 19.9 Å². The molecule has 0 bridgehead atoms. The Morgan fingerprint density at radius 3 is 2.75 bits per heavy atom. The van der Waals surface area contributed by atoms with E-state index in [1.165, 1.54) is 11.1 Å². The minimum Gasteiger partial charge on any atom is -0.291 e. The molecule has 1 aliphatic rings. The minimum atomic E-state index is 0.810. The highest BCUT2D eigenvalue weighted by atomic mass is 15.1. The molecule has 0 spiro atoms. The lowest BCUT2D eigenvalue weighted by Gasteiger charge is -2.28. The van der Waals surface area contributed by atoms with Gasteiger partial charge in [-0.2, -0.15) is 0 Å². The highest BCUT2D eigenvalue weighted by molar-refractivity contribution is 5.54. The van der Waals surface area contributed by atoms with Crippen LogP contribution in [0.2, 0.25) is 0 Å². The number of aryl methyl sites for hydroxylation is 1. The maximum absolute atomic E-state index is 4.82. The molecule has 1 aromatic carbocycles. The molecule has 4 heteroatoms. The van der Waals surface area contributed by atoms with Gasteiger partial charge in [0.25, 0.3) is 0 Å². The first kappa shape index (κ1) is 15.0. The maximum atomic E-state index is 4.82. The number of aromatic nitrogens is 3. The number of pyridine rings is 1.